The van der Waals surface area contributed by atoms with E-state index in [1.54, 1.807) is 5.32 Å². The molecule has 0 saturated carbocycles. The van der Waals surface area contributed by atoms with Gasteiger partial charge in [0.15, 0.2) is 11.6 Å². The molecule has 146 valence electrons. The number of urea groups is 1. The molecule has 2 rings (SSSR count). The number of alkyl halides is 6. The second-order valence-corrected chi connectivity index (χ2v) is 5.47. The fourth-order valence-corrected chi connectivity index (χ4v) is 2.19. The summed E-state index contributed by atoms with van der Waals surface area (Å²) < 4.78 is 103. The van der Waals surface area contributed by atoms with Crippen molar-refractivity contribution < 1.29 is 39.9 Å². The standard InChI is InChI=1S/C15H7ClF8N2O/c16-9-3-1-6(5-8(9)15(22,23)24)25-13(27)26-10-4-2-7(14(19,20)21)11(17)12(10)18/h1-5H,(H2,25,26,27). The van der Waals surface area contributed by atoms with Crippen LogP contribution in [0, 0.1) is 11.6 Å². The zero-order chi connectivity index (χ0) is 20.6. The Bertz CT molecular complexity index is 879. The van der Waals surface area contributed by atoms with Crippen LogP contribution < -0.4 is 10.6 Å². The summed E-state index contributed by atoms with van der Waals surface area (Å²) in [5.41, 5.74) is -4.47. The summed E-state index contributed by atoms with van der Waals surface area (Å²) in [4.78, 5) is 11.7. The summed E-state index contributed by atoms with van der Waals surface area (Å²) in [6.07, 6.45) is -9.96. The Balaban J connectivity index is 2.21. The van der Waals surface area contributed by atoms with Gasteiger partial charge in [0.05, 0.1) is 21.8 Å². The average Bonchev–Trinajstić information content (AvgIpc) is 2.51. The monoisotopic (exact) mass is 418 g/mol. The lowest BCUT2D eigenvalue weighted by atomic mass is 10.1. The molecule has 0 fully saturated rings. The summed E-state index contributed by atoms with van der Waals surface area (Å²) in [6, 6.07) is 1.69. The van der Waals surface area contributed by atoms with Crippen LogP contribution in [0.15, 0.2) is 30.3 Å². The zero-order valence-corrected chi connectivity index (χ0v) is 13.5. The molecule has 0 spiro atoms. The number of carbonyl (C=O) groups excluding carboxylic acids is 1. The maximum atomic E-state index is 13.7. The van der Waals surface area contributed by atoms with Crippen LogP contribution in [0.5, 0.6) is 0 Å². The van der Waals surface area contributed by atoms with Crippen molar-refractivity contribution in [1.29, 1.82) is 0 Å². The van der Waals surface area contributed by atoms with E-state index < -0.39 is 57.5 Å². The van der Waals surface area contributed by atoms with E-state index >= 15 is 0 Å². The first kappa shape index (κ1) is 20.7. The van der Waals surface area contributed by atoms with E-state index in [0.29, 0.717) is 12.1 Å². The van der Waals surface area contributed by atoms with Crippen LogP contribution in [0.3, 0.4) is 0 Å². The quantitative estimate of drug-likeness (QED) is 0.552. The first-order valence-corrected chi connectivity index (χ1v) is 7.18. The summed E-state index contributed by atoms with van der Waals surface area (Å²) in [7, 11) is 0. The molecule has 0 heterocycles. The van der Waals surface area contributed by atoms with Crippen molar-refractivity contribution in [1.82, 2.24) is 0 Å². The molecule has 12 heteroatoms. The predicted molar refractivity (Wildman–Crippen MR) is 80.5 cm³/mol. The maximum absolute atomic E-state index is 13.7. The topological polar surface area (TPSA) is 41.1 Å². The molecule has 27 heavy (non-hydrogen) atoms. The normalized spacial score (nSPS) is 12.0. The molecule has 0 saturated heterocycles. The summed E-state index contributed by atoms with van der Waals surface area (Å²) in [6.45, 7) is 0. The van der Waals surface area contributed by atoms with E-state index in [-0.39, 0.29) is 6.07 Å². The third-order valence-corrected chi connectivity index (χ3v) is 3.50. The first-order chi connectivity index (χ1) is 12.3. The van der Waals surface area contributed by atoms with Crippen LogP contribution in [0.2, 0.25) is 5.02 Å². The van der Waals surface area contributed by atoms with Crippen molar-refractivity contribution in [2.24, 2.45) is 0 Å². The van der Waals surface area contributed by atoms with E-state index in [4.69, 9.17) is 11.6 Å². The molecule has 0 aliphatic rings. The molecule has 0 bridgehead atoms. The van der Waals surface area contributed by atoms with E-state index in [2.05, 4.69) is 0 Å². The summed E-state index contributed by atoms with van der Waals surface area (Å²) in [5, 5.41) is 2.97. The van der Waals surface area contributed by atoms with Crippen LogP contribution in [0.4, 0.5) is 51.3 Å². The Kier molecular flexibility index (Phi) is 5.55. The molecule has 3 nitrogen and oxygen atoms in total. The van der Waals surface area contributed by atoms with Gasteiger partial charge in [-0.1, -0.05) is 11.6 Å². The van der Waals surface area contributed by atoms with Gasteiger partial charge in [-0.3, -0.25) is 0 Å². The second-order valence-electron chi connectivity index (χ2n) is 5.06. The van der Waals surface area contributed by atoms with Crippen molar-refractivity contribution in [3.63, 3.8) is 0 Å². The number of amides is 2. The number of anilines is 2. The fourth-order valence-electron chi connectivity index (χ4n) is 1.97. The Labute approximate surface area is 150 Å². The van der Waals surface area contributed by atoms with Crippen LogP contribution in [0.1, 0.15) is 11.1 Å². The van der Waals surface area contributed by atoms with Crippen LogP contribution >= 0.6 is 11.6 Å². The molecule has 2 aromatic rings. The van der Waals surface area contributed by atoms with Crippen LogP contribution in [-0.4, -0.2) is 6.03 Å². The number of halogens is 9. The Morgan fingerprint density at radius 2 is 1.41 bits per heavy atom. The molecular formula is C15H7ClF8N2O. The molecule has 2 aromatic carbocycles. The van der Waals surface area contributed by atoms with Crippen LogP contribution in [0.25, 0.3) is 0 Å². The lowest BCUT2D eigenvalue weighted by Gasteiger charge is -2.14. The van der Waals surface area contributed by atoms with Gasteiger partial charge in [0.25, 0.3) is 0 Å². The van der Waals surface area contributed by atoms with Gasteiger partial charge in [-0.2, -0.15) is 26.3 Å². The van der Waals surface area contributed by atoms with Gasteiger partial charge in [0, 0.05) is 5.69 Å². The number of carbonyl (C=O) groups is 1. The molecule has 2 amide bonds. The van der Waals surface area contributed by atoms with E-state index in [1.807, 2.05) is 5.32 Å². The van der Waals surface area contributed by atoms with Gasteiger partial charge in [0.1, 0.15) is 0 Å². The van der Waals surface area contributed by atoms with Crippen molar-refractivity contribution in [3.8, 4) is 0 Å². The van der Waals surface area contributed by atoms with Gasteiger partial charge in [0.2, 0.25) is 0 Å². The van der Waals surface area contributed by atoms with Gasteiger partial charge in [-0.15, -0.1) is 0 Å². The number of nitrogens with one attached hydrogen (secondary N) is 2. The van der Waals surface area contributed by atoms with Gasteiger partial charge in [-0.05, 0) is 30.3 Å². The highest BCUT2D eigenvalue weighted by Gasteiger charge is 2.36. The number of rotatable bonds is 2. The highest BCUT2D eigenvalue weighted by Crippen LogP contribution is 2.36. The SMILES string of the molecule is O=C(Nc1ccc(Cl)c(C(F)(F)F)c1)Nc1ccc(C(F)(F)F)c(F)c1F. The average molecular weight is 419 g/mol. The summed E-state index contributed by atoms with van der Waals surface area (Å²) >= 11 is 5.41. The molecule has 0 atom stereocenters. The van der Waals surface area contributed by atoms with E-state index in [9.17, 15) is 39.9 Å². The highest BCUT2D eigenvalue weighted by molar-refractivity contribution is 6.31. The maximum Gasteiger partial charge on any atom is 0.419 e. The minimum atomic E-state index is -5.15. The van der Waals surface area contributed by atoms with Gasteiger partial charge in [-0.25, -0.2) is 13.6 Å². The van der Waals surface area contributed by atoms with E-state index in [1.165, 1.54) is 0 Å². The number of hydrogen-bond acceptors (Lipinski definition) is 1. The van der Waals surface area contributed by atoms with Gasteiger partial charge < -0.3 is 10.6 Å². The number of hydrogen-bond donors (Lipinski definition) is 2. The number of benzene rings is 2. The van der Waals surface area contributed by atoms with Crippen LogP contribution in [-0.2, 0) is 12.4 Å². The third kappa shape index (κ3) is 4.79. The van der Waals surface area contributed by atoms with Crippen molar-refractivity contribution in [3.05, 3.63) is 58.1 Å². The molecule has 0 aliphatic carbocycles. The fraction of sp³-hybridized carbons (Fsp3) is 0.133. The van der Waals surface area contributed by atoms with Crippen molar-refractivity contribution in [2.75, 3.05) is 10.6 Å². The zero-order valence-electron chi connectivity index (χ0n) is 12.7. The predicted octanol–water partition coefficient (Wildman–Crippen LogP) is 6.30. The minimum Gasteiger partial charge on any atom is -0.308 e. The highest BCUT2D eigenvalue weighted by atomic mass is 35.5. The molecule has 0 radical (unpaired) electrons. The molecule has 0 aromatic heterocycles. The largest absolute Gasteiger partial charge is 0.419 e. The van der Waals surface area contributed by atoms with Gasteiger partial charge >= 0.3 is 18.4 Å². The molecule has 0 unspecified atom stereocenters. The van der Waals surface area contributed by atoms with Crippen molar-refractivity contribution in [2.45, 2.75) is 12.4 Å². The Morgan fingerprint density at radius 3 is 1.96 bits per heavy atom. The lowest BCUT2D eigenvalue weighted by molar-refractivity contribution is -0.140. The molecule has 2 N–H and O–H groups in total. The lowest BCUT2D eigenvalue weighted by Crippen LogP contribution is -2.21. The summed E-state index contributed by atoms with van der Waals surface area (Å²) in [5.74, 6) is -4.21. The van der Waals surface area contributed by atoms with Crippen molar-refractivity contribution >= 4 is 29.0 Å². The smallest absolute Gasteiger partial charge is 0.308 e. The second kappa shape index (κ2) is 7.22. The molecular weight excluding hydrogens is 412 g/mol. The minimum absolute atomic E-state index is 0.206. The van der Waals surface area contributed by atoms with E-state index in [0.717, 1.165) is 12.1 Å². The third-order valence-electron chi connectivity index (χ3n) is 3.17. The molecule has 0 aliphatic heterocycles. The Hall–Kier alpha value is -2.56. The Morgan fingerprint density at radius 1 is 0.815 bits per heavy atom. The first-order valence-electron chi connectivity index (χ1n) is 6.80.